The van der Waals surface area contributed by atoms with Gasteiger partial charge < -0.3 is 39.8 Å². The second-order valence-corrected chi connectivity index (χ2v) is 17.3. The average Bonchev–Trinajstić information content (AvgIpc) is 3.76. The van der Waals surface area contributed by atoms with E-state index in [1.54, 1.807) is 20.8 Å². The highest BCUT2D eigenvalue weighted by atomic mass is 127. The summed E-state index contributed by atoms with van der Waals surface area (Å²) in [6.45, 7) is 6.16. The molecule has 3 aliphatic heterocycles. The van der Waals surface area contributed by atoms with Gasteiger partial charge in [0, 0.05) is 27.5 Å². The molecular formula is C42H48IN3O11. The van der Waals surface area contributed by atoms with E-state index in [2.05, 4.69) is 33.2 Å². The molecule has 1 aliphatic carbocycles. The first kappa shape index (κ1) is 41.2. The molecule has 14 nitrogen and oxygen atoms in total. The van der Waals surface area contributed by atoms with Crippen molar-refractivity contribution >= 4 is 46.3 Å². The van der Waals surface area contributed by atoms with Crippen LogP contribution < -0.4 is 10.6 Å². The van der Waals surface area contributed by atoms with Crippen LogP contribution in [0.3, 0.4) is 0 Å². The third-order valence-electron chi connectivity index (χ3n) is 10.9. The van der Waals surface area contributed by atoms with Gasteiger partial charge in [-0.3, -0.25) is 24.0 Å². The fourth-order valence-electron chi connectivity index (χ4n) is 8.32. The maximum atomic E-state index is 15.1. The number of fused-ring (bicyclic) bond motifs is 4. The zero-order chi connectivity index (χ0) is 40.7. The molecule has 0 spiro atoms. The molecule has 2 amide bonds. The van der Waals surface area contributed by atoms with Gasteiger partial charge in [0.15, 0.2) is 6.04 Å². The minimum absolute atomic E-state index is 0.0312. The van der Waals surface area contributed by atoms with Crippen LogP contribution in [0, 0.1) is 8.99 Å². The third-order valence-corrected chi connectivity index (χ3v) is 11.6. The molecule has 0 aromatic heterocycles. The lowest BCUT2D eigenvalue weighted by atomic mass is 9.62. The van der Waals surface area contributed by atoms with Crippen molar-refractivity contribution < 1.29 is 53.2 Å². The van der Waals surface area contributed by atoms with Crippen LogP contribution in [-0.2, 0) is 55.3 Å². The number of nitrogens with zero attached hydrogens (tertiary/aromatic N) is 1. The van der Waals surface area contributed by atoms with Crippen LogP contribution in [0.25, 0.3) is 0 Å². The molecule has 4 N–H and O–H groups in total. The number of aliphatic hydroxyl groups is 2. The van der Waals surface area contributed by atoms with E-state index in [1.807, 2.05) is 84.9 Å². The largest absolute Gasteiger partial charge is 0.460 e. The third kappa shape index (κ3) is 8.07. The summed E-state index contributed by atoms with van der Waals surface area (Å²) in [4.78, 5) is 62.2. The Kier molecular flexibility index (Phi) is 11.8. The number of carbonyl (C=O) groups excluding carboxylic acids is 4. The monoisotopic (exact) mass is 897 g/mol. The molecule has 3 heterocycles. The van der Waals surface area contributed by atoms with Gasteiger partial charge in [-0.05, 0) is 74.4 Å². The number of hydroxylamine groups is 2. The van der Waals surface area contributed by atoms with E-state index in [4.69, 9.17) is 23.8 Å². The topological polar surface area (TPSA) is 182 Å². The van der Waals surface area contributed by atoms with Gasteiger partial charge in [-0.1, -0.05) is 72.8 Å². The Bertz CT molecular complexity index is 1900. The van der Waals surface area contributed by atoms with Crippen molar-refractivity contribution in [1.82, 2.24) is 15.7 Å². The molecule has 3 aromatic carbocycles. The number of rotatable bonds is 13. The Morgan fingerprint density at radius 3 is 2.14 bits per heavy atom. The van der Waals surface area contributed by atoms with Gasteiger partial charge in [0.2, 0.25) is 17.6 Å². The smallest absolute Gasteiger partial charge is 0.327 e. The van der Waals surface area contributed by atoms with Gasteiger partial charge in [-0.25, -0.2) is 0 Å². The number of hydrogen-bond acceptors (Lipinski definition) is 12. The molecule has 0 radical (unpaired) electrons. The van der Waals surface area contributed by atoms with Crippen LogP contribution in [0.15, 0.2) is 84.9 Å². The predicted octanol–water partition coefficient (Wildman–Crippen LogP) is 3.24. The van der Waals surface area contributed by atoms with E-state index in [0.717, 1.165) is 9.13 Å². The SMILES string of the molecule is C[C@H](O)[C@@H](NC(=O)[C@@]12C[C@H]3OC(=O)[C@@H]1N(Cc1ccc(I)cc1)O[C@@H]2[C@H]1OC(c2ccccc2)(c2ccccc2)O[C@H]13)C(=O)N[C@H](CO)CCC(=O)OC(C)(C)C. The number of amides is 2. The molecule has 3 aromatic rings. The van der Waals surface area contributed by atoms with Crippen LogP contribution in [0.1, 0.15) is 63.6 Å². The Labute approximate surface area is 344 Å². The minimum Gasteiger partial charge on any atom is -0.460 e. The lowest BCUT2D eigenvalue weighted by Gasteiger charge is -2.49. The lowest BCUT2D eigenvalue weighted by Crippen LogP contribution is -2.71. The summed E-state index contributed by atoms with van der Waals surface area (Å²) in [6, 6.07) is 22.7. The van der Waals surface area contributed by atoms with Crippen LogP contribution in [0.4, 0.5) is 0 Å². The normalized spacial score (nSPS) is 27.7. The Morgan fingerprint density at radius 1 is 0.947 bits per heavy atom. The maximum absolute atomic E-state index is 15.1. The van der Waals surface area contributed by atoms with Crippen molar-refractivity contribution in [3.8, 4) is 0 Å². The van der Waals surface area contributed by atoms with Crippen molar-refractivity contribution in [2.75, 3.05) is 6.61 Å². The number of nitrogens with one attached hydrogen (secondary N) is 2. The molecule has 1 saturated carbocycles. The van der Waals surface area contributed by atoms with Gasteiger partial charge in [0.25, 0.3) is 0 Å². The van der Waals surface area contributed by atoms with Crippen LogP contribution in [-0.4, -0.2) is 99.9 Å². The number of benzene rings is 3. The van der Waals surface area contributed by atoms with E-state index >= 15 is 4.79 Å². The molecule has 2 bridgehead atoms. The number of carbonyl (C=O) groups is 4. The molecule has 4 aliphatic rings. The van der Waals surface area contributed by atoms with E-state index in [-0.39, 0.29) is 25.8 Å². The zero-order valence-corrected chi connectivity index (χ0v) is 34.3. The fourth-order valence-corrected chi connectivity index (χ4v) is 8.68. The first-order chi connectivity index (χ1) is 27.1. The molecule has 0 unspecified atom stereocenters. The molecular weight excluding hydrogens is 849 g/mol. The molecule has 3 saturated heterocycles. The Hall–Kier alpha value is -3.97. The minimum atomic E-state index is -1.67. The summed E-state index contributed by atoms with van der Waals surface area (Å²) in [6.07, 6.45) is -5.33. The fraction of sp³-hybridized carbons (Fsp3) is 0.476. The highest BCUT2D eigenvalue weighted by molar-refractivity contribution is 14.1. The standard InChI is InChI=1S/C42H48IN3O11/c1-24(48)32(37(50)44-29(23-47)19-20-31(49)54-40(2,3)4)45-39(52)41-21-30-33-34(56-42(55-33,26-11-7-5-8-12-26)27-13-9-6-10-14-27)36(41)57-46(35(41)38(51)53-30)22-25-15-17-28(43)18-16-25/h5-18,24,29-30,32-36,47-48H,19-23H2,1-4H3,(H,44,50)(H,45,52)/t24-,29-,30+,32+,33-,34-,35-,36+,41-/m0/s1. The quantitative estimate of drug-likeness (QED) is 0.146. The summed E-state index contributed by atoms with van der Waals surface area (Å²) >= 11 is 2.20. The van der Waals surface area contributed by atoms with E-state index < -0.39 is 95.8 Å². The number of esters is 2. The number of aliphatic hydroxyl groups excluding tert-OH is 2. The molecule has 9 atom stereocenters. The van der Waals surface area contributed by atoms with Crippen molar-refractivity contribution in [2.45, 2.75) is 114 Å². The van der Waals surface area contributed by atoms with Crippen molar-refractivity contribution in [3.63, 3.8) is 0 Å². The van der Waals surface area contributed by atoms with Crippen molar-refractivity contribution in [3.05, 3.63) is 105 Å². The van der Waals surface area contributed by atoms with Gasteiger partial charge >= 0.3 is 11.9 Å². The maximum Gasteiger partial charge on any atom is 0.327 e. The first-order valence-electron chi connectivity index (χ1n) is 19.1. The van der Waals surface area contributed by atoms with Crippen LogP contribution >= 0.6 is 22.6 Å². The Morgan fingerprint density at radius 2 is 1.56 bits per heavy atom. The lowest BCUT2D eigenvalue weighted by molar-refractivity contribution is -0.213. The highest BCUT2D eigenvalue weighted by Crippen LogP contribution is 2.59. The number of halogens is 1. The molecule has 15 heteroatoms. The molecule has 57 heavy (non-hydrogen) atoms. The van der Waals surface area contributed by atoms with Crippen molar-refractivity contribution in [1.29, 1.82) is 0 Å². The van der Waals surface area contributed by atoms with Crippen molar-refractivity contribution in [2.24, 2.45) is 5.41 Å². The van der Waals surface area contributed by atoms with Gasteiger partial charge in [-0.2, -0.15) is 5.06 Å². The zero-order valence-electron chi connectivity index (χ0n) is 32.1. The summed E-state index contributed by atoms with van der Waals surface area (Å²) in [5.74, 6) is -4.18. The summed E-state index contributed by atoms with van der Waals surface area (Å²) in [7, 11) is 0. The average molecular weight is 898 g/mol. The van der Waals surface area contributed by atoms with Crippen LogP contribution in [0.2, 0.25) is 0 Å². The second kappa shape index (κ2) is 16.4. The molecule has 4 fully saturated rings. The van der Waals surface area contributed by atoms with E-state index in [9.17, 15) is 24.6 Å². The van der Waals surface area contributed by atoms with E-state index in [1.165, 1.54) is 12.0 Å². The van der Waals surface area contributed by atoms with Gasteiger partial charge in [0.1, 0.15) is 41.5 Å². The molecule has 304 valence electrons. The number of ether oxygens (including phenoxy) is 4. The Balaban J connectivity index is 1.22. The molecule has 7 rings (SSSR count). The second-order valence-electron chi connectivity index (χ2n) is 16.1. The summed E-state index contributed by atoms with van der Waals surface area (Å²) in [5.41, 5.74) is -0.196. The summed E-state index contributed by atoms with van der Waals surface area (Å²) in [5, 5.41) is 27.9. The van der Waals surface area contributed by atoms with Gasteiger partial charge in [-0.15, -0.1) is 0 Å². The summed E-state index contributed by atoms with van der Waals surface area (Å²) < 4.78 is 26.4. The predicted molar refractivity (Wildman–Crippen MR) is 211 cm³/mol. The number of hydrogen-bond donors (Lipinski definition) is 4. The van der Waals surface area contributed by atoms with E-state index in [0.29, 0.717) is 11.1 Å². The highest BCUT2D eigenvalue weighted by Gasteiger charge is 2.76. The van der Waals surface area contributed by atoms with Crippen LogP contribution in [0.5, 0.6) is 0 Å². The van der Waals surface area contributed by atoms with Gasteiger partial charge in [0.05, 0.1) is 25.3 Å². The first-order valence-corrected chi connectivity index (χ1v) is 20.2.